The molecule has 2 rings (SSSR count). The normalized spacial score (nSPS) is 19.4. The summed E-state index contributed by atoms with van der Waals surface area (Å²) in [5.41, 5.74) is -1.86. The fraction of sp³-hybridized carbons (Fsp3) is 0.500. The van der Waals surface area contributed by atoms with Crippen LogP contribution in [0.25, 0.3) is 0 Å². The molecule has 1 aromatic rings. The Morgan fingerprint density at radius 2 is 2.14 bits per heavy atom. The van der Waals surface area contributed by atoms with Gasteiger partial charge in [-0.1, -0.05) is 0 Å². The van der Waals surface area contributed by atoms with Crippen LogP contribution < -0.4 is 0 Å². The molecule has 0 radical (unpaired) electrons. The van der Waals surface area contributed by atoms with Crippen LogP contribution in [0.1, 0.15) is 24.1 Å². The summed E-state index contributed by atoms with van der Waals surface area (Å²) < 4.78 is 37.2. The van der Waals surface area contributed by atoms with Crippen molar-refractivity contribution < 1.29 is 18.0 Å². The fourth-order valence-corrected chi connectivity index (χ4v) is 1.47. The Balaban J connectivity index is 2.45. The second-order valence-electron chi connectivity index (χ2n) is 3.43. The number of aromatic amines is 1. The van der Waals surface area contributed by atoms with E-state index in [0.29, 0.717) is 19.1 Å². The van der Waals surface area contributed by atoms with Crippen molar-refractivity contribution in [2.45, 2.75) is 24.4 Å². The lowest BCUT2D eigenvalue weighted by Crippen LogP contribution is -2.16. The first-order valence-corrected chi connectivity index (χ1v) is 4.07. The van der Waals surface area contributed by atoms with Gasteiger partial charge >= 0.3 is 6.18 Å². The van der Waals surface area contributed by atoms with Crippen LogP contribution >= 0.6 is 0 Å². The van der Waals surface area contributed by atoms with E-state index in [9.17, 15) is 18.0 Å². The van der Waals surface area contributed by atoms with Crippen molar-refractivity contribution in [1.82, 2.24) is 10.2 Å². The minimum absolute atomic E-state index is 0.0278. The topological polar surface area (TPSA) is 45.8 Å². The molecule has 1 heterocycles. The maximum Gasteiger partial charge on any atom is 0.433 e. The quantitative estimate of drug-likeness (QED) is 0.744. The lowest BCUT2D eigenvalue weighted by atomic mass is 9.98. The predicted octanol–water partition coefficient (Wildman–Crippen LogP) is 1.66. The SMILES string of the molecule is O=CC1(c2cn[nH]c2C(F)(F)F)CC1. The molecular formula is C8H7F3N2O. The Morgan fingerprint density at radius 1 is 1.50 bits per heavy atom. The molecule has 1 aliphatic carbocycles. The highest BCUT2D eigenvalue weighted by Crippen LogP contribution is 2.49. The molecule has 14 heavy (non-hydrogen) atoms. The van der Waals surface area contributed by atoms with Crippen LogP contribution in [0.2, 0.25) is 0 Å². The molecule has 0 unspecified atom stereocenters. The van der Waals surface area contributed by atoms with Gasteiger partial charge in [-0.3, -0.25) is 5.10 Å². The van der Waals surface area contributed by atoms with Gasteiger partial charge in [-0.2, -0.15) is 18.3 Å². The number of nitrogens with one attached hydrogen (secondary N) is 1. The van der Waals surface area contributed by atoms with Crippen molar-refractivity contribution in [3.05, 3.63) is 17.5 Å². The van der Waals surface area contributed by atoms with E-state index in [1.807, 2.05) is 5.10 Å². The Hall–Kier alpha value is -1.33. The van der Waals surface area contributed by atoms with Crippen molar-refractivity contribution in [2.75, 3.05) is 0 Å². The molecule has 6 heteroatoms. The maximum absolute atomic E-state index is 12.4. The van der Waals surface area contributed by atoms with Crippen molar-refractivity contribution >= 4 is 6.29 Å². The minimum atomic E-state index is -4.47. The first-order chi connectivity index (χ1) is 6.49. The molecule has 0 aliphatic heterocycles. The van der Waals surface area contributed by atoms with Gasteiger partial charge in [0.2, 0.25) is 0 Å². The Morgan fingerprint density at radius 3 is 2.57 bits per heavy atom. The average molecular weight is 204 g/mol. The molecule has 1 N–H and O–H groups in total. The van der Waals surface area contributed by atoms with Crippen LogP contribution in [0, 0.1) is 0 Å². The Kier molecular flexibility index (Phi) is 1.71. The molecule has 0 atom stereocenters. The average Bonchev–Trinajstić information content (AvgIpc) is 2.72. The van der Waals surface area contributed by atoms with Gasteiger partial charge in [0.05, 0.1) is 11.6 Å². The summed E-state index contributed by atoms with van der Waals surface area (Å²) in [5.74, 6) is 0. The van der Waals surface area contributed by atoms with Crippen LogP contribution in [0.4, 0.5) is 13.2 Å². The number of hydrogen-bond donors (Lipinski definition) is 1. The van der Waals surface area contributed by atoms with E-state index in [-0.39, 0.29) is 5.56 Å². The summed E-state index contributed by atoms with van der Waals surface area (Å²) in [7, 11) is 0. The zero-order valence-electron chi connectivity index (χ0n) is 7.06. The lowest BCUT2D eigenvalue weighted by Gasteiger charge is -2.10. The van der Waals surface area contributed by atoms with E-state index in [1.54, 1.807) is 0 Å². The van der Waals surface area contributed by atoms with Crippen LogP contribution in [0.15, 0.2) is 6.20 Å². The number of hydrogen-bond acceptors (Lipinski definition) is 2. The van der Waals surface area contributed by atoms with Crippen molar-refractivity contribution in [2.24, 2.45) is 0 Å². The van der Waals surface area contributed by atoms with Crippen LogP contribution in [-0.2, 0) is 16.4 Å². The Labute approximate surface area is 77.3 Å². The third-order valence-electron chi connectivity index (χ3n) is 2.47. The number of rotatable bonds is 2. The smallest absolute Gasteiger partial charge is 0.302 e. The van der Waals surface area contributed by atoms with Crippen molar-refractivity contribution in [1.29, 1.82) is 0 Å². The van der Waals surface area contributed by atoms with E-state index in [4.69, 9.17) is 0 Å². The molecule has 1 aliphatic rings. The van der Waals surface area contributed by atoms with E-state index in [0.717, 1.165) is 6.20 Å². The van der Waals surface area contributed by atoms with Gasteiger partial charge in [-0.15, -0.1) is 0 Å². The van der Waals surface area contributed by atoms with Crippen LogP contribution in [0.3, 0.4) is 0 Å². The summed E-state index contributed by atoms with van der Waals surface area (Å²) >= 11 is 0. The number of aromatic nitrogens is 2. The van der Waals surface area contributed by atoms with Gasteiger partial charge in [0.25, 0.3) is 0 Å². The molecule has 0 saturated heterocycles. The van der Waals surface area contributed by atoms with Crippen molar-refractivity contribution in [3.8, 4) is 0 Å². The first kappa shape index (κ1) is 9.23. The number of halogens is 3. The Bertz CT molecular complexity index is 365. The van der Waals surface area contributed by atoms with E-state index < -0.39 is 17.3 Å². The number of carbonyl (C=O) groups excluding carboxylic acids is 1. The lowest BCUT2D eigenvalue weighted by molar-refractivity contribution is -0.142. The highest BCUT2D eigenvalue weighted by Gasteiger charge is 2.50. The predicted molar refractivity (Wildman–Crippen MR) is 40.6 cm³/mol. The second-order valence-corrected chi connectivity index (χ2v) is 3.43. The zero-order chi connectivity index (χ0) is 10.4. The molecular weight excluding hydrogens is 197 g/mol. The minimum Gasteiger partial charge on any atom is -0.302 e. The number of H-pyrrole nitrogens is 1. The van der Waals surface area contributed by atoms with Gasteiger partial charge in [0.15, 0.2) is 0 Å². The molecule has 1 fully saturated rings. The van der Waals surface area contributed by atoms with Crippen LogP contribution in [0.5, 0.6) is 0 Å². The van der Waals surface area contributed by atoms with Crippen molar-refractivity contribution in [3.63, 3.8) is 0 Å². The standard InChI is InChI=1S/C8H7F3N2O/c9-8(10,11)6-5(3-12-13-6)7(4-14)1-2-7/h3-4H,1-2H2,(H,12,13). The monoisotopic (exact) mass is 204 g/mol. The number of carbonyl (C=O) groups is 1. The molecule has 76 valence electrons. The summed E-state index contributed by atoms with van der Waals surface area (Å²) in [6.07, 6.45) is -1.86. The molecule has 0 aromatic carbocycles. The molecule has 1 aromatic heterocycles. The van der Waals surface area contributed by atoms with E-state index in [1.165, 1.54) is 0 Å². The first-order valence-electron chi connectivity index (χ1n) is 4.07. The molecule has 0 spiro atoms. The van der Waals surface area contributed by atoms with Gasteiger partial charge in [-0.25, -0.2) is 0 Å². The number of nitrogens with zero attached hydrogens (tertiary/aromatic N) is 1. The fourth-order valence-electron chi connectivity index (χ4n) is 1.47. The zero-order valence-corrected chi connectivity index (χ0v) is 7.06. The largest absolute Gasteiger partial charge is 0.433 e. The van der Waals surface area contributed by atoms with Gasteiger partial charge in [0, 0.05) is 5.56 Å². The van der Waals surface area contributed by atoms with E-state index in [2.05, 4.69) is 5.10 Å². The van der Waals surface area contributed by atoms with Crippen LogP contribution in [-0.4, -0.2) is 16.5 Å². The molecule has 0 amide bonds. The van der Waals surface area contributed by atoms with E-state index >= 15 is 0 Å². The highest BCUT2D eigenvalue weighted by molar-refractivity contribution is 5.73. The highest BCUT2D eigenvalue weighted by atomic mass is 19.4. The number of alkyl halides is 3. The number of aldehydes is 1. The third kappa shape index (κ3) is 1.21. The third-order valence-corrected chi connectivity index (χ3v) is 2.47. The molecule has 1 saturated carbocycles. The second kappa shape index (κ2) is 2.59. The molecule has 3 nitrogen and oxygen atoms in total. The maximum atomic E-state index is 12.4. The molecule has 0 bridgehead atoms. The summed E-state index contributed by atoms with van der Waals surface area (Å²) in [4.78, 5) is 10.7. The summed E-state index contributed by atoms with van der Waals surface area (Å²) in [5, 5.41) is 5.23. The van der Waals surface area contributed by atoms with Gasteiger partial charge in [-0.05, 0) is 12.8 Å². The van der Waals surface area contributed by atoms with Gasteiger partial charge < -0.3 is 4.79 Å². The van der Waals surface area contributed by atoms with Gasteiger partial charge in [0.1, 0.15) is 12.0 Å². The summed E-state index contributed by atoms with van der Waals surface area (Å²) in [6, 6.07) is 0. The summed E-state index contributed by atoms with van der Waals surface area (Å²) in [6.45, 7) is 0.